The van der Waals surface area contributed by atoms with E-state index in [2.05, 4.69) is 15.9 Å². The number of sulfone groups is 1. The Bertz CT molecular complexity index is 598. The van der Waals surface area contributed by atoms with Crippen LogP contribution >= 0.6 is 15.9 Å². The van der Waals surface area contributed by atoms with Crippen molar-refractivity contribution in [2.45, 2.75) is 5.75 Å². The minimum absolute atomic E-state index is 0.0614. The molecule has 5 heteroatoms. The summed E-state index contributed by atoms with van der Waals surface area (Å²) < 4.78 is 28.5. The van der Waals surface area contributed by atoms with Crippen LogP contribution in [0, 0.1) is 0 Å². The van der Waals surface area contributed by atoms with Crippen molar-refractivity contribution in [1.82, 2.24) is 0 Å². The summed E-state index contributed by atoms with van der Waals surface area (Å²) in [6.45, 7) is 0. The van der Waals surface area contributed by atoms with Gasteiger partial charge in [-0.15, -0.1) is 0 Å². The van der Waals surface area contributed by atoms with Crippen molar-refractivity contribution in [2.24, 2.45) is 0 Å². The highest BCUT2D eigenvalue weighted by Gasteiger charge is 2.11. The molecule has 15 heavy (non-hydrogen) atoms. The fourth-order valence-electron chi connectivity index (χ4n) is 1.41. The minimum atomic E-state index is -3.05. The lowest BCUT2D eigenvalue weighted by molar-refractivity contribution is 0.555. The number of hydrogen-bond acceptors (Lipinski definition) is 3. The van der Waals surface area contributed by atoms with Gasteiger partial charge in [0, 0.05) is 11.6 Å². The molecule has 0 N–H and O–H groups in total. The van der Waals surface area contributed by atoms with Crippen molar-refractivity contribution in [2.75, 3.05) is 6.26 Å². The van der Waals surface area contributed by atoms with Crippen LogP contribution in [0.4, 0.5) is 0 Å². The standard InChI is InChI=1S/C10H9BrO3S/c1-15(12,13)6-8-5-7-3-2-4-9(11)10(7)14-8/h2-5H,6H2,1H3. The molecule has 2 aromatic rings. The zero-order valence-electron chi connectivity index (χ0n) is 8.03. The predicted molar refractivity (Wildman–Crippen MR) is 62.5 cm³/mol. The number of rotatable bonds is 2. The van der Waals surface area contributed by atoms with Gasteiger partial charge in [-0.2, -0.15) is 0 Å². The van der Waals surface area contributed by atoms with Crippen LogP contribution < -0.4 is 0 Å². The fourth-order valence-corrected chi connectivity index (χ4v) is 2.53. The number of fused-ring (bicyclic) bond motifs is 1. The molecule has 0 spiro atoms. The second-order valence-corrected chi connectivity index (χ2v) is 6.44. The van der Waals surface area contributed by atoms with Crippen molar-refractivity contribution < 1.29 is 12.8 Å². The van der Waals surface area contributed by atoms with E-state index in [1.807, 2.05) is 18.2 Å². The number of hydrogen-bond donors (Lipinski definition) is 0. The molecule has 0 bridgehead atoms. The molecule has 3 nitrogen and oxygen atoms in total. The smallest absolute Gasteiger partial charge is 0.154 e. The van der Waals surface area contributed by atoms with Crippen LogP contribution in [0.5, 0.6) is 0 Å². The first-order valence-electron chi connectivity index (χ1n) is 4.30. The molecule has 0 saturated heterocycles. The van der Waals surface area contributed by atoms with E-state index in [4.69, 9.17) is 4.42 Å². The van der Waals surface area contributed by atoms with Crippen LogP contribution in [0.25, 0.3) is 11.0 Å². The Morgan fingerprint density at radius 3 is 2.73 bits per heavy atom. The van der Waals surface area contributed by atoms with Crippen LogP contribution in [0.15, 0.2) is 33.2 Å². The molecule has 1 aromatic carbocycles. The first-order valence-corrected chi connectivity index (χ1v) is 7.16. The number of benzene rings is 1. The van der Waals surface area contributed by atoms with Gasteiger partial charge in [0.05, 0.1) is 4.47 Å². The van der Waals surface area contributed by atoms with E-state index in [9.17, 15) is 8.42 Å². The van der Waals surface area contributed by atoms with Gasteiger partial charge < -0.3 is 4.42 Å². The quantitative estimate of drug-likeness (QED) is 0.854. The molecular formula is C10H9BrO3S. The monoisotopic (exact) mass is 288 g/mol. The molecule has 0 fully saturated rings. The predicted octanol–water partition coefficient (Wildman–Crippen LogP) is 2.74. The molecule has 2 rings (SSSR count). The third-order valence-electron chi connectivity index (χ3n) is 1.95. The van der Waals surface area contributed by atoms with Crippen LogP contribution in [-0.2, 0) is 15.6 Å². The maximum atomic E-state index is 11.1. The lowest BCUT2D eigenvalue weighted by atomic mass is 10.2. The van der Waals surface area contributed by atoms with Gasteiger partial charge >= 0.3 is 0 Å². The Labute approximate surface area is 96.1 Å². The van der Waals surface area contributed by atoms with E-state index in [1.54, 1.807) is 6.07 Å². The van der Waals surface area contributed by atoms with Crippen molar-refractivity contribution in [1.29, 1.82) is 0 Å². The van der Waals surface area contributed by atoms with Crippen LogP contribution in [0.1, 0.15) is 5.76 Å². The third-order valence-corrected chi connectivity index (χ3v) is 3.38. The van der Waals surface area contributed by atoms with Gasteiger partial charge in [0.1, 0.15) is 17.1 Å². The van der Waals surface area contributed by atoms with E-state index in [-0.39, 0.29) is 5.75 Å². The maximum absolute atomic E-state index is 11.1. The largest absolute Gasteiger partial charge is 0.459 e. The lowest BCUT2D eigenvalue weighted by Gasteiger charge is -1.92. The van der Waals surface area contributed by atoms with E-state index in [0.717, 1.165) is 9.86 Å². The van der Waals surface area contributed by atoms with E-state index in [1.165, 1.54) is 6.26 Å². The second kappa shape index (κ2) is 3.64. The van der Waals surface area contributed by atoms with Gasteiger partial charge in [-0.3, -0.25) is 0 Å². The lowest BCUT2D eigenvalue weighted by Crippen LogP contribution is -1.98. The zero-order chi connectivity index (χ0) is 11.1. The van der Waals surface area contributed by atoms with Crippen molar-refractivity contribution in [3.63, 3.8) is 0 Å². The van der Waals surface area contributed by atoms with Crippen LogP contribution in [-0.4, -0.2) is 14.7 Å². The summed E-state index contributed by atoms with van der Waals surface area (Å²) >= 11 is 3.35. The molecule has 0 atom stereocenters. The highest BCUT2D eigenvalue weighted by molar-refractivity contribution is 9.10. The topological polar surface area (TPSA) is 47.3 Å². The highest BCUT2D eigenvalue weighted by atomic mass is 79.9. The summed E-state index contributed by atoms with van der Waals surface area (Å²) in [5.74, 6) is 0.410. The Hall–Kier alpha value is -0.810. The molecular weight excluding hydrogens is 280 g/mol. The van der Waals surface area contributed by atoms with Gasteiger partial charge in [-0.05, 0) is 28.1 Å². The van der Waals surface area contributed by atoms with Gasteiger partial charge in [0.25, 0.3) is 0 Å². The van der Waals surface area contributed by atoms with Gasteiger partial charge in [-0.1, -0.05) is 12.1 Å². The first kappa shape index (κ1) is 10.7. The van der Waals surface area contributed by atoms with Crippen molar-refractivity contribution in [3.05, 3.63) is 34.5 Å². The Kier molecular flexibility index (Phi) is 2.60. The molecule has 1 heterocycles. The van der Waals surface area contributed by atoms with Gasteiger partial charge in [-0.25, -0.2) is 8.42 Å². The zero-order valence-corrected chi connectivity index (χ0v) is 10.4. The summed E-state index contributed by atoms with van der Waals surface area (Å²) in [7, 11) is -3.05. The molecule has 1 aromatic heterocycles. The molecule has 0 aliphatic heterocycles. The summed E-state index contributed by atoms with van der Waals surface area (Å²) in [5.41, 5.74) is 0.691. The Morgan fingerprint density at radius 2 is 2.13 bits per heavy atom. The molecule has 0 aliphatic carbocycles. The summed E-state index contributed by atoms with van der Waals surface area (Å²) in [6, 6.07) is 7.37. The van der Waals surface area contributed by atoms with Crippen LogP contribution in [0.3, 0.4) is 0 Å². The summed E-state index contributed by atoms with van der Waals surface area (Å²) in [4.78, 5) is 0. The van der Waals surface area contributed by atoms with Crippen molar-refractivity contribution >= 4 is 36.7 Å². The Balaban J connectivity index is 2.53. The van der Waals surface area contributed by atoms with Crippen LogP contribution in [0.2, 0.25) is 0 Å². The normalized spacial score (nSPS) is 12.1. The number of halogens is 1. The molecule has 80 valence electrons. The maximum Gasteiger partial charge on any atom is 0.154 e. The van der Waals surface area contributed by atoms with E-state index >= 15 is 0 Å². The molecule has 0 radical (unpaired) electrons. The Morgan fingerprint density at radius 1 is 1.40 bits per heavy atom. The SMILES string of the molecule is CS(=O)(=O)Cc1cc2cccc(Br)c2o1. The summed E-state index contributed by atoms with van der Waals surface area (Å²) in [5, 5.41) is 0.906. The number of furan rings is 1. The molecule has 0 unspecified atom stereocenters. The van der Waals surface area contributed by atoms with E-state index < -0.39 is 9.84 Å². The molecule has 0 amide bonds. The molecule has 0 saturated carbocycles. The third kappa shape index (κ3) is 2.41. The van der Waals surface area contributed by atoms with E-state index in [0.29, 0.717) is 11.3 Å². The average Bonchev–Trinajstić information content (AvgIpc) is 2.45. The first-order chi connectivity index (χ1) is 6.96. The minimum Gasteiger partial charge on any atom is -0.459 e. The fraction of sp³-hybridized carbons (Fsp3) is 0.200. The number of para-hydroxylation sites is 1. The van der Waals surface area contributed by atoms with Gasteiger partial charge in [0.2, 0.25) is 0 Å². The summed E-state index contributed by atoms with van der Waals surface area (Å²) in [6.07, 6.45) is 1.19. The van der Waals surface area contributed by atoms with Gasteiger partial charge in [0.15, 0.2) is 9.84 Å². The molecule has 0 aliphatic rings. The van der Waals surface area contributed by atoms with Crippen molar-refractivity contribution in [3.8, 4) is 0 Å². The average molecular weight is 289 g/mol. The highest BCUT2D eigenvalue weighted by Crippen LogP contribution is 2.27. The second-order valence-electron chi connectivity index (χ2n) is 3.44.